The molecule has 0 bridgehead atoms. The summed E-state index contributed by atoms with van der Waals surface area (Å²) in [5, 5.41) is 18.8. The van der Waals surface area contributed by atoms with Crippen LogP contribution in [0.3, 0.4) is 0 Å². The number of hydrogen-bond acceptors (Lipinski definition) is 5. The number of amides is 1. The smallest absolute Gasteiger partial charge is 0.389 e. The first-order valence-electron chi connectivity index (χ1n) is 14.6. The highest BCUT2D eigenvalue weighted by molar-refractivity contribution is 5.95. The van der Waals surface area contributed by atoms with E-state index in [0.29, 0.717) is 37.2 Å². The first kappa shape index (κ1) is 31.0. The number of likely N-dealkylation sites (tertiary alicyclic amines) is 1. The summed E-state index contributed by atoms with van der Waals surface area (Å²) in [5.74, 6) is -2.14. The Morgan fingerprint density at radius 1 is 1.05 bits per heavy atom. The van der Waals surface area contributed by atoms with E-state index in [4.69, 9.17) is 0 Å². The lowest BCUT2D eigenvalue weighted by Crippen LogP contribution is -2.42. The average molecular weight is 611 g/mol. The van der Waals surface area contributed by atoms with Gasteiger partial charge >= 0.3 is 12.1 Å². The van der Waals surface area contributed by atoms with Gasteiger partial charge in [-0.2, -0.15) is 18.3 Å². The zero-order chi connectivity index (χ0) is 31.4. The molecule has 0 saturated carbocycles. The van der Waals surface area contributed by atoms with Crippen LogP contribution in [0.4, 0.5) is 28.9 Å². The number of carbonyl (C=O) groups excluding carboxylic acids is 1. The summed E-state index contributed by atoms with van der Waals surface area (Å²) >= 11 is 0. The number of aryl methyl sites for hydroxylation is 1. The highest BCUT2D eigenvalue weighted by atomic mass is 19.4. The van der Waals surface area contributed by atoms with E-state index in [1.54, 1.807) is 41.4 Å². The van der Waals surface area contributed by atoms with Gasteiger partial charge in [0.25, 0.3) is 5.91 Å². The summed E-state index contributed by atoms with van der Waals surface area (Å²) in [6.07, 6.45) is -2.52. The van der Waals surface area contributed by atoms with Crippen molar-refractivity contribution in [2.75, 3.05) is 30.0 Å². The van der Waals surface area contributed by atoms with Gasteiger partial charge in [-0.15, -0.1) is 0 Å². The van der Waals surface area contributed by atoms with E-state index in [9.17, 15) is 32.3 Å². The molecule has 11 heteroatoms. The molecule has 3 aromatic rings. The van der Waals surface area contributed by atoms with E-state index >= 15 is 0 Å². The Labute approximate surface area is 253 Å². The number of alkyl halides is 3. The van der Waals surface area contributed by atoms with Crippen molar-refractivity contribution in [1.82, 2.24) is 4.90 Å². The fraction of sp³-hybridized carbons (Fsp3) is 0.364. The number of nitrogens with zero attached hydrogens (tertiary/aromatic N) is 3. The number of rotatable bonds is 9. The second-order valence-electron chi connectivity index (χ2n) is 11.4. The Morgan fingerprint density at radius 2 is 1.77 bits per heavy atom. The molecule has 0 spiro atoms. The second kappa shape index (κ2) is 13.1. The third-order valence-corrected chi connectivity index (χ3v) is 8.22. The number of benzene rings is 3. The number of anilines is 2. The zero-order valence-corrected chi connectivity index (χ0v) is 24.2. The van der Waals surface area contributed by atoms with Gasteiger partial charge < -0.3 is 15.3 Å². The lowest BCUT2D eigenvalue weighted by molar-refractivity contribution is -0.143. The Kier molecular flexibility index (Phi) is 9.22. The van der Waals surface area contributed by atoms with Gasteiger partial charge in [0.2, 0.25) is 0 Å². The third kappa shape index (κ3) is 7.56. The van der Waals surface area contributed by atoms with E-state index < -0.39 is 30.5 Å². The maximum atomic E-state index is 13.3. The maximum absolute atomic E-state index is 13.3. The molecular weight excluding hydrogens is 576 g/mol. The molecule has 2 N–H and O–H groups in total. The second-order valence-corrected chi connectivity index (χ2v) is 11.4. The number of halogens is 4. The first-order chi connectivity index (χ1) is 21.0. The topological polar surface area (TPSA) is 85.2 Å². The van der Waals surface area contributed by atoms with Crippen LogP contribution in [0.5, 0.6) is 0 Å². The Balaban J connectivity index is 1.29. The summed E-state index contributed by atoms with van der Waals surface area (Å²) in [5.41, 5.74) is 4.26. The van der Waals surface area contributed by atoms with Crippen LogP contribution >= 0.6 is 0 Å². The van der Waals surface area contributed by atoms with Gasteiger partial charge in [-0.05, 0) is 91.4 Å². The molecular formula is C33H34F4N4O3. The monoisotopic (exact) mass is 610 g/mol. The minimum Gasteiger partial charge on any atom is -0.481 e. The zero-order valence-electron chi connectivity index (χ0n) is 24.2. The normalized spacial score (nSPS) is 19.2. The summed E-state index contributed by atoms with van der Waals surface area (Å²) in [4.78, 5) is 25.9. The Morgan fingerprint density at radius 3 is 2.43 bits per heavy atom. The lowest BCUT2D eigenvalue weighted by atomic mass is 9.91. The molecule has 2 aliphatic rings. The average Bonchev–Trinajstić information content (AvgIpc) is 3.50. The quantitative estimate of drug-likeness (QED) is 0.251. The largest absolute Gasteiger partial charge is 0.481 e. The molecule has 1 saturated heterocycles. The molecule has 1 fully saturated rings. The fourth-order valence-electron chi connectivity index (χ4n) is 5.81. The summed E-state index contributed by atoms with van der Waals surface area (Å²) < 4.78 is 53.2. The van der Waals surface area contributed by atoms with Gasteiger partial charge in [0.15, 0.2) is 0 Å². The maximum Gasteiger partial charge on any atom is 0.389 e. The number of hydrazone groups is 1. The molecule has 1 amide bonds. The van der Waals surface area contributed by atoms with Crippen LogP contribution < -0.4 is 10.3 Å². The molecule has 0 radical (unpaired) electrons. The number of hydrogen-bond donors (Lipinski definition) is 2. The van der Waals surface area contributed by atoms with Gasteiger partial charge in [0.1, 0.15) is 5.82 Å². The van der Waals surface area contributed by atoms with Crippen LogP contribution in [-0.2, 0) is 4.79 Å². The highest BCUT2D eigenvalue weighted by Gasteiger charge is 2.31. The van der Waals surface area contributed by atoms with Crippen molar-refractivity contribution in [2.45, 2.75) is 50.7 Å². The Bertz CT molecular complexity index is 1510. The third-order valence-electron chi connectivity index (χ3n) is 8.22. The van der Waals surface area contributed by atoms with Crippen LogP contribution in [0.2, 0.25) is 0 Å². The number of aliphatic carboxylic acids is 1. The summed E-state index contributed by atoms with van der Waals surface area (Å²) in [6, 6.07) is 17.7. The predicted octanol–water partition coefficient (Wildman–Crippen LogP) is 7.16. The number of nitrogens with one attached hydrogen (secondary N) is 1. The van der Waals surface area contributed by atoms with Gasteiger partial charge in [0, 0.05) is 42.9 Å². The molecule has 232 valence electrons. The standard InChI is InChI=1S/C33H34F4N4O3/c1-21-17-23(25-18-38-41(20-25)28-11-7-26(34)8-12-28)6-13-29(21)30(14-15-33(35,36)37)39-27-9-4-22(5-10-27)31(42)40-16-2-3-24(19-40)32(43)44/h4-13,17-18,24-25,30,39H,2-3,14-16,19-20H2,1H3,(H,43,44)/t24-,25?,30?/m1/s1. The van der Waals surface area contributed by atoms with Crippen molar-refractivity contribution in [2.24, 2.45) is 11.0 Å². The van der Waals surface area contributed by atoms with Gasteiger partial charge in [-0.25, -0.2) is 4.39 Å². The SMILES string of the molecule is Cc1cc(C2C=NN(c3ccc(F)cc3)C2)ccc1C(CCC(F)(F)F)Nc1ccc(C(=O)N2CCC[C@@H](C(=O)O)C2)cc1. The van der Waals surface area contributed by atoms with Gasteiger partial charge in [0.05, 0.1) is 24.2 Å². The number of carbonyl (C=O) groups is 2. The van der Waals surface area contributed by atoms with Gasteiger partial charge in [-0.3, -0.25) is 14.6 Å². The molecule has 0 aromatic heterocycles. The minimum absolute atomic E-state index is 0.0369. The fourth-order valence-corrected chi connectivity index (χ4v) is 5.81. The van der Waals surface area contributed by atoms with E-state index in [-0.39, 0.29) is 30.6 Å². The number of piperidine rings is 1. The van der Waals surface area contributed by atoms with Crippen LogP contribution in [0, 0.1) is 18.7 Å². The van der Waals surface area contributed by atoms with Crippen molar-refractivity contribution >= 4 is 29.5 Å². The molecule has 3 aromatic carbocycles. The van der Waals surface area contributed by atoms with Crippen LogP contribution in [0.25, 0.3) is 0 Å². The highest BCUT2D eigenvalue weighted by Crippen LogP contribution is 2.34. The predicted molar refractivity (Wildman–Crippen MR) is 161 cm³/mol. The lowest BCUT2D eigenvalue weighted by Gasteiger charge is -2.30. The van der Waals surface area contributed by atoms with E-state index in [1.165, 1.54) is 17.0 Å². The van der Waals surface area contributed by atoms with E-state index in [2.05, 4.69) is 10.4 Å². The van der Waals surface area contributed by atoms with Crippen molar-refractivity contribution in [3.8, 4) is 0 Å². The van der Waals surface area contributed by atoms with Crippen LogP contribution in [-0.4, -0.2) is 53.9 Å². The minimum atomic E-state index is -4.32. The molecule has 2 aliphatic heterocycles. The first-order valence-corrected chi connectivity index (χ1v) is 14.6. The molecule has 2 unspecified atom stereocenters. The van der Waals surface area contributed by atoms with Crippen molar-refractivity contribution in [3.05, 3.63) is 94.8 Å². The van der Waals surface area contributed by atoms with E-state index in [0.717, 1.165) is 22.4 Å². The molecule has 44 heavy (non-hydrogen) atoms. The number of carboxylic acid groups (broad SMARTS) is 1. The molecule has 0 aliphatic carbocycles. The van der Waals surface area contributed by atoms with Crippen molar-refractivity contribution in [3.63, 3.8) is 0 Å². The van der Waals surface area contributed by atoms with Crippen molar-refractivity contribution in [1.29, 1.82) is 0 Å². The molecule has 5 rings (SSSR count). The van der Waals surface area contributed by atoms with Gasteiger partial charge in [-0.1, -0.05) is 18.2 Å². The number of carboxylic acids is 1. The molecule has 7 nitrogen and oxygen atoms in total. The van der Waals surface area contributed by atoms with Crippen LogP contribution in [0.1, 0.15) is 64.7 Å². The van der Waals surface area contributed by atoms with E-state index in [1.807, 2.05) is 31.3 Å². The van der Waals surface area contributed by atoms with Crippen LogP contribution in [0.15, 0.2) is 71.8 Å². The Hall–Kier alpha value is -4.41. The van der Waals surface area contributed by atoms with Crippen molar-refractivity contribution < 1.29 is 32.3 Å². The summed E-state index contributed by atoms with van der Waals surface area (Å²) in [6.45, 7) is 3.06. The molecule has 3 atom stereocenters. The summed E-state index contributed by atoms with van der Waals surface area (Å²) in [7, 11) is 0. The molecule has 2 heterocycles.